The van der Waals surface area contributed by atoms with Gasteiger partial charge in [0.05, 0.1) is 12.0 Å². The zero-order valence-electron chi connectivity index (χ0n) is 18.7. The first-order chi connectivity index (χ1) is 15.0. The van der Waals surface area contributed by atoms with Gasteiger partial charge >= 0.3 is 0 Å². The third-order valence-corrected chi connectivity index (χ3v) is 7.48. The van der Waals surface area contributed by atoms with Crippen molar-refractivity contribution in [3.63, 3.8) is 0 Å². The smallest absolute Gasteiger partial charge is 0.254 e. The molecule has 1 saturated heterocycles. The minimum atomic E-state index is -0.400. The van der Waals surface area contributed by atoms with Gasteiger partial charge in [0.25, 0.3) is 5.91 Å². The van der Waals surface area contributed by atoms with Crippen LogP contribution in [0.2, 0.25) is 0 Å². The normalized spacial score (nSPS) is 23.9. The Bertz CT molecular complexity index is 911. The maximum Gasteiger partial charge on any atom is 0.254 e. The van der Waals surface area contributed by atoms with Gasteiger partial charge in [-0.15, -0.1) is 11.3 Å². The highest BCUT2D eigenvalue weighted by Gasteiger charge is 2.44. The van der Waals surface area contributed by atoms with E-state index in [0.717, 1.165) is 30.0 Å². The van der Waals surface area contributed by atoms with E-state index in [9.17, 15) is 9.59 Å². The van der Waals surface area contributed by atoms with Crippen LogP contribution in [0.15, 0.2) is 41.8 Å². The highest BCUT2D eigenvalue weighted by atomic mass is 32.1. The lowest BCUT2D eigenvalue weighted by Gasteiger charge is -2.42. The Kier molecular flexibility index (Phi) is 6.77. The summed E-state index contributed by atoms with van der Waals surface area (Å²) in [5.41, 5.74) is 1.51. The predicted octanol–water partition coefficient (Wildman–Crippen LogP) is 4.29. The molecule has 3 heterocycles. The highest BCUT2D eigenvalue weighted by molar-refractivity contribution is 7.10. The number of nitrogens with zero attached hydrogens (tertiary/aromatic N) is 2. The first-order valence-electron chi connectivity index (χ1n) is 11.5. The lowest BCUT2D eigenvalue weighted by Crippen LogP contribution is -2.49. The Morgan fingerprint density at radius 2 is 2.03 bits per heavy atom. The number of amides is 2. The molecule has 2 aliphatic rings. The van der Waals surface area contributed by atoms with E-state index in [2.05, 4.69) is 37.1 Å². The number of hydrogen-bond donors (Lipinski definition) is 1. The average molecular weight is 440 g/mol. The molecule has 1 aromatic carbocycles. The van der Waals surface area contributed by atoms with Gasteiger partial charge < -0.3 is 10.2 Å². The summed E-state index contributed by atoms with van der Waals surface area (Å²) in [7, 11) is 0. The van der Waals surface area contributed by atoms with Crippen molar-refractivity contribution in [1.82, 2.24) is 15.1 Å². The van der Waals surface area contributed by atoms with Crippen LogP contribution in [0.4, 0.5) is 0 Å². The molecule has 0 bridgehead atoms. The van der Waals surface area contributed by atoms with Crippen molar-refractivity contribution in [1.29, 1.82) is 0 Å². The van der Waals surface area contributed by atoms with E-state index >= 15 is 0 Å². The Morgan fingerprint density at radius 3 is 2.74 bits per heavy atom. The molecule has 4 rings (SSSR count). The van der Waals surface area contributed by atoms with Gasteiger partial charge in [0.15, 0.2) is 0 Å². The van der Waals surface area contributed by atoms with Gasteiger partial charge in [-0.05, 0) is 54.9 Å². The molecule has 6 heteroatoms. The summed E-state index contributed by atoms with van der Waals surface area (Å²) < 4.78 is 0. The molecule has 0 saturated carbocycles. The van der Waals surface area contributed by atoms with E-state index in [1.165, 1.54) is 6.42 Å². The van der Waals surface area contributed by atoms with Crippen molar-refractivity contribution < 1.29 is 9.59 Å². The van der Waals surface area contributed by atoms with Gasteiger partial charge in [0.2, 0.25) is 5.91 Å². The number of rotatable bonds is 7. The largest absolute Gasteiger partial charge is 0.354 e. The molecule has 166 valence electrons. The van der Waals surface area contributed by atoms with Gasteiger partial charge in [-0.3, -0.25) is 14.5 Å². The first-order valence-corrected chi connectivity index (χ1v) is 12.3. The lowest BCUT2D eigenvalue weighted by atomic mass is 9.81. The monoisotopic (exact) mass is 439 g/mol. The van der Waals surface area contributed by atoms with E-state index in [1.807, 2.05) is 40.6 Å². The van der Waals surface area contributed by atoms with Crippen LogP contribution >= 0.6 is 11.3 Å². The minimum absolute atomic E-state index is 0.0232. The molecular weight excluding hydrogens is 406 g/mol. The summed E-state index contributed by atoms with van der Waals surface area (Å²) in [4.78, 5) is 32.6. The molecule has 2 aliphatic heterocycles. The van der Waals surface area contributed by atoms with Crippen molar-refractivity contribution in [2.24, 2.45) is 5.92 Å². The van der Waals surface area contributed by atoms with Gasteiger partial charge in [-0.25, -0.2) is 0 Å². The van der Waals surface area contributed by atoms with Crippen molar-refractivity contribution in [3.05, 3.63) is 57.8 Å². The van der Waals surface area contributed by atoms with E-state index in [4.69, 9.17) is 0 Å². The first kappa shape index (κ1) is 22.0. The highest BCUT2D eigenvalue weighted by Crippen LogP contribution is 2.44. The number of fused-ring (bicyclic) bond motifs is 1. The fourth-order valence-corrected chi connectivity index (χ4v) is 5.99. The number of carbonyl (C=O) groups excluding carboxylic acids is 2. The maximum atomic E-state index is 13.7. The summed E-state index contributed by atoms with van der Waals surface area (Å²) in [5.74, 6) is -0.0328. The van der Waals surface area contributed by atoms with Crippen LogP contribution in [0.5, 0.6) is 0 Å². The number of thiophene rings is 1. The molecule has 0 spiro atoms. The molecule has 2 amide bonds. The molecule has 0 aliphatic carbocycles. The van der Waals surface area contributed by atoms with E-state index in [0.29, 0.717) is 30.6 Å². The van der Waals surface area contributed by atoms with Crippen LogP contribution in [-0.2, 0) is 4.79 Å². The molecule has 0 radical (unpaired) electrons. The SMILES string of the molecule is CCN1CCC[C@@H]1CNC(=O)[C@@H]1c2ccccc2C(=O)N(CC(C)C)[C@H]1c1cccs1. The number of hydrogen-bond acceptors (Lipinski definition) is 4. The second-order valence-corrected chi connectivity index (χ2v) is 10.0. The molecule has 0 unspecified atom stereocenters. The van der Waals surface area contributed by atoms with E-state index in [-0.39, 0.29) is 17.9 Å². The second kappa shape index (κ2) is 9.53. The summed E-state index contributed by atoms with van der Waals surface area (Å²) in [6, 6.07) is 11.8. The maximum absolute atomic E-state index is 13.7. The number of nitrogens with one attached hydrogen (secondary N) is 1. The van der Waals surface area contributed by atoms with Crippen LogP contribution in [0, 0.1) is 5.92 Å². The fraction of sp³-hybridized carbons (Fsp3) is 0.520. The van der Waals surface area contributed by atoms with Crippen LogP contribution in [0.25, 0.3) is 0 Å². The molecule has 1 N–H and O–H groups in total. The minimum Gasteiger partial charge on any atom is -0.354 e. The van der Waals surface area contributed by atoms with Gasteiger partial charge in [0, 0.05) is 29.6 Å². The number of likely N-dealkylation sites (tertiary alicyclic amines) is 1. The fourth-order valence-electron chi connectivity index (χ4n) is 5.12. The zero-order chi connectivity index (χ0) is 22.0. The lowest BCUT2D eigenvalue weighted by molar-refractivity contribution is -0.124. The standard InChI is InChI=1S/C25H33N3O2S/c1-4-27-13-7-9-18(27)15-26-24(29)22-19-10-5-6-11-20(19)25(30)28(16-17(2)3)23(22)21-12-8-14-31-21/h5-6,8,10-12,14,17-18,22-23H,4,7,9,13,15-16H2,1-3H3,(H,26,29)/t18-,22-,23+/m1/s1. The summed E-state index contributed by atoms with van der Waals surface area (Å²) >= 11 is 1.62. The molecule has 31 heavy (non-hydrogen) atoms. The second-order valence-electron chi connectivity index (χ2n) is 9.05. The molecule has 1 fully saturated rings. The van der Waals surface area contributed by atoms with Crippen molar-refractivity contribution in [2.45, 2.75) is 51.6 Å². The number of likely N-dealkylation sites (N-methyl/N-ethyl adjacent to an activating group) is 1. The molecular formula is C25H33N3O2S. The Hall–Kier alpha value is -2.18. The summed E-state index contributed by atoms with van der Waals surface area (Å²) in [6.45, 7) is 9.84. The van der Waals surface area contributed by atoms with Gasteiger partial charge in [-0.1, -0.05) is 45.0 Å². The summed E-state index contributed by atoms with van der Waals surface area (Å²) in [5, 5.41) is 5.29. The Morgan fingerprint density at radius 1 is 1.23 bits per heavy atom. The topological polar surface area (TPSA) is 52.7 Å². The molecule has 2 aromatic rings. The van der Waals surface area contributed by atoms with Crippen molar-refractivity contribution in [3.8, 4) is 0 Å². The summed E-state index contributed by atoms with van der Waals surface area (Å²) in [6.07, 6.45) is 2.32. The molecule has 5 nitrogen and oxygen atoms in total. The van der Waals surface area contributed by atoms with Crippen LogP contribution < -0.4 is 5.32 Å². The third kappa shape index (κ3) is 4.41. The quantitative estimate of drug-likeness (QED) is 0.700. The molecule has 1 aromatic heterocycles. The average Bonchev–Trinajstić information content (AvgIpc) is 3.45. The van der Waals surface area contributed by atoms with Crippen LogP contribution in [-0.4, -0.2) is 53.8 Å². The number of carbonyl (C=O) groups is 2. The van der Waals surface area contributed by atoms with Crippen LogP contribution in [0.1, 0.15) is 66.4 Å². The van der Waals surface area contributed by atoms with E-state index < -0.39 is 5.92 Å². The van der Waals surface area contributed by atoms with Crippen molar-refractivity contribution in [2.75, 3.05) is 26.2 Å². The predicted molar refractivity (Wildman–Crippen MR) is 125 cm³/mol. The number of benzene rings is 1. The molecule has 3 atom stereocenters. The van der Waals surface area contributed by atoms with E-state index in [1.54, 1.807) is 11.3 Å². The van der Waals surface area contributed by atoms with Crippen LogP contribution in [0.3, 0.4) is 0 Å². The van der Waals surface area contributed by atoms with Gasteiger partial charge in [-0.2, -0.15) is 0 Å². The Balaban J connectivity index is 1.68. The van der Waals surface area contributed by atoms with Gasteiger partial charge in [0.1, 0.15) is 0 Å². The zero-order valence-corrected chi connectivity index (χ0v) is 19.5. The van der Waals surface area contributed by atoms with Crippen molar-refractivity contribution >= 4 is 23.2 Å². The third-order valence-electron chi connectivity index (χ3n) is 6.53. The Labute approximate surface area is 189 Å².